The summed E-state index contributed by atoms with van der Waals surface area (Å²) < 4.78 is 10.4. The van der Waals surface area contributed by atoms with Gasteiger partial charge < -0.3 is 9.47 Å². The molecule has 1 unspecified atom stereocenters. The first-order valence-electron chi connectivity index (χ1n) is 6.32. The number of aromatic nitrogens is 2. The van der Waals surface area contributed by atoms with Crippen molar-refractivity contribution in [3.05, 3.63) is 46.9 Å². The maximum Gasteiger partial charge on any atom is 0.216 e. The van der Waals surface area contributed by atoms with Crippen LogP contribution in [0.15, 0.2) is 30.6 Å². The molecular formula is C14H17ClN4O2. The van der Waals surface area contributed by atoms with Crippen molar-refractivity contribution in [2.45, 2.75) is 12.5 Å². The molecule has 1 heterocycles. The van der Waals surface area contributed by atoms with Crippen LogP contribution in [0.2, 0.25) is 5.02 Å². The van der Waals surface area contributed by atoms with Gasteiger partial charge in [0.2, 0.25) is 5.88 Å². The second-order valence-corrected chi connectivity index (χ2v) is 4.80. The maximum atomic E-state index is 6.04. The standard InChI is InChI=1S/C14H17ClN4O2/c1-20-13-4-3-10(15)5-9(13)6-12(19-16)11-7-14(21-2)18-8-17-11/h3-5,7-8,12,19H,6,16H2,1-2H3. The minimum absolute atomic E-state index is 0.214. The summed E-state index contributed by atoms with van der Waals surface area (Å²) in [5.41, 5.74) is 4.41. The lowest BCUT2D eigenvalue weighted by atomic mass is 10.0. The molecule has 0 saturated heterocycles. The van der Waals surface area contributed by atoms with E-state index in [9.17, 15) is 0 Å². The summed E-state index contributed by atoms with van der Waals surface area (Å²) in [5.74, 6) is 6.88. The fraction of sp³-hybridized carbons (Fsp3) is 0.286. The number of hydrogen-bond donors (Lipinski definition) is 2. The Morgan fingerprint density at radius 3 is 2.71 bits per heavy atom. The highest BCUT2D eigenvalue weighted by molar-refractivity contribution is 6.30. The van der Waals surface area contributed by atoms with Crippen molar-refractivity contribution in [3.8, 4) is 11.6 Å². The number of nitrogens with zero attached hydrogens (tertiary/aromatic N) is 2. The van der Waals surface area contributed by atoms with Crippen molar-refractivity contribution in [1.82, 2.24) is 15.4 Å². The van der Waals surface area contributed by atoms with Gasteiger partial charge in [0.1, 0.15) is 12.1 Å². The Hall–Kier alpha value is -1.89. The van der Waals surface area contributed by atoms with Crippen LogP contribution in [0.3, 0.4) is 0 Å². The molecule has 1 aromatic heterocycles. The van der Waals surface area contributed by atoms with Crippen molar-refractivity contribution in [3.63, 3.8) is 0 Å². The van der Waals surface area contributed by atoms with E-state index in [1.807, 2.05) is 12.1 Å². The molecule has 0 aliphatic rings. The van der Waals surface area contributed by atoms with Crippen LogP contribution >= 0.6 is 11.6 Å². The Bertz CT molecular complexity index is 609. The van der Waals surface area contributed by atoms with E-state index in [1.165, 1.54) is 6.33 Å². The molecule has 2 aromatic rings. The molecule has 0 fully saturated rings. The number of hydrazine groups is 1. The Morgan fingerprint density at radius 1 is 1.24 bits per heavy atom. The molecule has 0 spiro atoms. The fourth-order valence-electron chi connectivity index (χ4n) is 2.03. The molecular weight excluding hydrogens is 292 g/mol. The molecule has 21 heavy (non-hydrogen) atoms. The Kier molecular flexibility index (Phi) is 5.32. The van der Waals surface area contributed by atoms with Crippen LogP contribution in [0.5, 0.6) is 11.6 Å². The second-order valence-electron chi connectivity index (χ2n) is 4.36. The molecule has 2 rings (SSSR count). The van der Waals surface area contributed by atoms with Gasteiger partial charge in [0.05, 0.1) is 26.0 Å². The van der Waals surface area contributed by atoms with Crippen molar-refractivity contribution in [2.75, 3.05) is 14.2 Å². The van der Waals surface area contributed by atoms with Crippen molar-refractivity contribution >= 4 is 11.6 Å². The highest BCUT2D eigenvalue weighted by Crippen LogP contribution is 2.27. The lowest BCUT2D eigenvalue weighted by molar-refractivity contribution is 0.392. The van der Waals surface area contributed by atoms with E-state index in [2.05, 4.69) is 15.4 Å². The van der Waals surface area contributed by atoms with E-state index < -0.39 is 0 Å². The smallest absolute Gasteiger partial charge is 0.216 e. The van der Waals surface area contributed by atoms with Gasteiger partial charge in [0, 0.05) is 11.1 Å². The zero-order valence-electron chi connectivity index (χ0n) is 11.8. The van der Waals surface area contributed by atoms with E-state index in [4.69, 9.17) is 26.9 Å². The minimum Gasteiger partial charge on any atom is -0.496 e. The second kappa shape index (κ2) is 7.21. The lowest BCUT2D eigenvalue weighted by Crippen LogP contribution is -2.30. The topological polar surface area (TPSA) is 82.3 Å². The number of nitrogens with one attached hydrogen (secondary N) is 1. The average molecular weight is 309 g/mol. The van der Waals surface area contributed by atoms with Crippen LogP contribution in [0.25, 0.3) is 0 Å². The molecule has 0 amide bonds. The lowest BCUT2D eigenvalue weighted by Gasteiger charge is -2.17. The highest BCUT2D eigenvalue weighted by atomic mass is 35.5. The molecule has 6 nitrogen and oxygen atoms in total. The molecule has 0 saturated carbocycles. The molecule has 0 radical (unpaired) electrons. The van der Waals surface area contributed by atoms with Crippen molar-refractivity contribution < 1.29 is 9.47 Å². The third-order valence-electron chi connectivity index (χ3n) is 3.10. The van der Waals surface area contributed by atoms with Gasteiger partial charge >= 0.3 is 0 Å². The van der Waals surface area contributed by atoms with Crippen molar-refractivity contribution in [2.24, 2.45) is 5.84 Å². The highest BCUT2D eigenvalue weighted by Gasteiger charge is 2.16. The summed E-state index contributed by atoms with van der Waals surface area (Å²) in [6, 6.07) is 6.98. The monoisotopic (exact) mass is 308 g/mol. The van der Waals surface area contributed by atoms with E-state index in [0.29, 0.717) is 17.3 Å². The van der Waals surface area contributed by atoms with Gasteiger partial charge in [-0.15, -0.1) is 0 Å². The summed E-state index contributed by atoms with van der Waals surface area (Å²) in [6.07, 6.45) is 2.01. The molecule has 1 aromatic carbocycles. The summed E-state index contributed by atoms with van der Waals surface area (Å²) in [7, 11) is 3.17. The Balaban J connectivity index is 2.28. The maximum absolute atomic E-state index is 6.04. The van der Waals surface area contributed by atoms with Gasteiger partial charge in [-0.2, -0.15) is 0 Å². The van der Waals surface area contributed by atoms with Crippen LogP contribution in [0, 0.1) is 0 Å². The van der Waals surface area contributed by atoms with E-state index >= 15 is 0 Å². The summed E-state index contributed by atoms with van der Waals surface area (Å²) in [6.45, 7) is 0. The number of rotatable bonds is 6. The van der Waals surface area contributed by atoms with Gasteiger partial charge in [-0.3, -0.25) is 11.3 Å². The number of halogens is 1. The molecule has 0 bridgehead atoms. The van der Waals surface area contributed by atoms with Crippen molar-refractivity contribution in [1.29, 1.82) is 0 Å². The zero-order chi connectivity index (χ0) is 15.2. The SMILES string of the molecule is COc1cc(C(Cc2cc(Cl)ccc2OC)NN)ncn1. The predicted octanol–water partition coefficient (Wildman–Crippen LogP) is 1.89. The van der Waals surface area contributed by atoms with Gasteiger partial charge in [0.25, 0.3) is 0 Å². The number of ether oxygens (including phenoxy) is 2. The first kappa shape index (κ1) is 15.5. The largest absolute Gasteiger partial charge is 0.496 e. The number of benzene rings is 1. The summed E-state index contributed by atoms with van der Waals surface area (Å²) in [4.78, 5) is 8.21. The Morgan fingerprint density at radius 2 is 2.05 bits per heavy atom. The van der Waals surface area contributed by atoms with Crippen LogP contribution in [0.4, 0.5) is 0 Å². The third kappa shape index (κ3) is 3.81. The number of methoxy groups -OCH3 is 2. The first-order valence-corrected chi connectivity index (χ1v) is 6.70. The molecule has 7 heteroatoms. The normalized spacial score (nSPS) is 12.0. The first-order chi connectivity index (χ1) is 10.2. The fourth-order valence-corrected chi connectivity index (χ4v) is 2.23. The molecule has 3 N–H and O–H groups in total. The molecule has 1 atom stereocenters. The quantitative estimate of drug-likeness (QED) is 0.626. The number of nitrogens with two attached hydrogens (primary N) is 1. The third-order valence-corrected chi connectivity index (χ3v) is 3.33. The zero-order valence-corrected chi connectivity index (χ0v) is 12.6. The summed E-state index contributed by atoms with van der Waals surface area (Å²) in [5, 5.41) is 0.641. The molecule has 112 valence electrons. The molecule has 0 aliphatic carbocycles. The van der Waals surface area contributed by atoms with E-state index in [1.54, 1.807) is 26.4 Å². The number of hydrogen-bond acceptors (Lipinski definition) is 6. The van der Waals surface area contributed by atoms with Crippen LogP contribution in [-0.2, 0) is 6.42 Å². The van der Waals surface area contributed by atoms with Gasteiger partial charge in [-0.25, -0.2) is 9.97 Å². The summed E-state index contributed by atoms with van der Waals surface area (Å²) >= 11 is 6.04. The van der Waals surface area contributed by atoms with Gasteiger partial charge in [0.15, 0.2) is 0 Å². The van der Waals surface area contributed by atoms with E-state index in [0.717, 1.165) is 17.0 Å². The van der Waals surface area contributed by atoms with Crippen LogP contribution in [-0.4, -0.2) is 24.2 Å². The average Bonchev–Trinajstić information content (AvgIpc) is 2.52. The van der Waals surface area contributed by atoms with Crippen LogP contribution in [0.1, 0.15) is 17.3 Å². The Labute approximate surface area is 128 Å². The predicted molar refractivity (Wildman–Crippen MR) is 80.4 cm³/mol. The van der Waals surface area contributed by atoms with E-state index in [-0.39, 0.29) is 6.04 Å². The van der Waals surface area contributed by atoms with Gasteiger partial charge in [-0.1, -0.05) is 11.6 Å². The molecule has 0 aliphatic heterocycles. The minimum atomic E-state index is -0.214. The van der Waals surface area contributed by atoms with Gasteiger partial charge in [-0.05, 0) is 30.2 Å². The van der Waals surface area contributed by atoms with Crippen LogP contribution < -0.4 is 20.7 Å².